The summed E-state index contributed by atoms with van der Waals surface area (Å²) in [5, 5.41) is 54.0. The first-order valence-corrected chi connectivity index (χ1v) is 26.2. The Labute approximate surface area is 391 Å². The molecular weight excluding hydrogens is 803 g/mol. The second kappa shape index (κ2) is 44.5. The zero-order chi connectivity index (χ0) is 46.6. The highest BCUT2D eigenvalue weighted by molar-refractivity contribution is 5.76. The van der Waals surface area contributed by atoms with Gasteiger partial charge in [-0.25, -0.2) is 0 Å². The van der Waals surface area contributed by atoms with Crippen LogP contribution in [0, 0.1) is 0 Å². The molecule has 7 unspecified atom stereocenters. The topological polar surface area (TPSA) is 149 Å². The fourth-order valence-corrected chi connectivity index (χ4v) is 7.86. The van der Waals surface area contributed by atoms with Crippen molar-refractivity contribution >= 4 is 5.91 Å². The van der Waals surface area contributed by atoms with Gasteiger partial charge in [0.15, 0.2) is 6.29 Å². The Kier molecular flexibility index (Phi) is 41.4. The van der Waals surface area contributed by atoms with Gasteiger partial charge in [0.1, 0.15) is 24.4 Å². The van der Waals surface area contributed by atoms with E-state index in [1.54, 1.807) is 6.08 Å². The number of rotatable bonds is 43. The zero-order valence-corrected chi connectivity index (χ0v) is 40.8. The van der Waals surface area contributed by atoms with E-state index < -0.39 is 49.5 Å². The van der Waals surface area contributed by atoms with Crippen molar-refractivity contribution in [1.29, 1.82) is 0 Å². The Morgan fingerprint density at radius 1 is 0.547 bits per heavy atom. The molecule has 9 nitrogen and oxygen atoms in total. The van der Waals surface area contributed by atoms with Crippen LogP contribution in [0.3, 0.4) is 0 Å². The van der Waals surface area contributed by atoms with Crippen LogP contribution in [0.25, 0.3) is 0 Å². The van der Waals surface area contributed by atoms with Crippen molar-refractivity contribution in [2.75, 3.05) is 13.2 Å². The molecule has 0 bridgehead atoms. The van der Waals surface area contributed by atoms with Crippen LogP contribution in [0.4, 0.5) is 0 Å². The first-order valence-electron chi connectivity index (χ1n) is 26.2. The molecule has 9 heteroatoms. The van der Waals surface area contributed by atoms with Crippen LogP contribution < -0.4 is 5.32 Å². The second-order valence-electron chi connectivity index (χ2n) is 17.9. The number of carbonyl (C=O) groups is 1. The van der Waals surface area contributed by atoms with Crippen molar-refractivity contribution in [3.8, 4) is 0 Å². The first-order chi connectivity index (χ1) is 31.3. The fraction of sp³-hybridized carbons (Fsp3) is 0.764. The molecule has 0 saturated carbocycles. The summed E-state index contributed by atoms with van der Waals surface area (Å²) in [5.74, 6) is -0.191. The molecule has 64 heavy (non-hydrogen) atoms. The van der Waals surface area contributed by atoms with Gasteiger partial charge in [0.05, 0.1) is 25.4 Å². The molecule has 1 aliphatic rings. The summed E-state index contributed by atoms with van der Waals surface area (Å²) in [4.78, 5) is 12.9. The molecule has 0 spiro atoms. The predicted molar refractivity (Wildman–Crippen MR) is 267 cm³/mol. The Balaban J connectivity index is 2.07. The van der Waals surface area contributed by atoms with Gasteiger partial charge in [-0.3, -0.25) is 4.79 Å². The Morgan fingerprint density at radius 3 is 1.50 bits per heavy atom. The third-order valence-electron chi connectivity index (χ3n) is 12.0. The van der Waals surface area contributed by atoms with E-state index in [1.165, 1.54) is 116 Å². The number of ether oxygens (including phenoxy) is 2. The van der Waals surface area contributed by atoms with E-state index in [1.807, 2.05) is 6.08 Å². The molecule has 6 N–H and O–H groups in total. The minimum atomic E-state index is -1.57. The van der Waals surface area contributed by atoms with Gasteiger partial charge >= 0.3 is 0 Å². The van der Waals surface area contributed by atoms with Gasteiger partial charge in [-0.2, -0.15) is 0 Å². The van der Waals surface area contributed by atoms with Gasteiger partial charge in [0.25, 0.3) is 0 Å². The van der Waals surface area contributed by atoms with Crippen molar-refractivity contribution in [2.24, 2.45) is 0 Å². The molecule has 0 aromatic heterocycles. The van der Waals surface area contributed by atoms with Crippen LogP contribution in [-0.4, -0.2) is 87.5 Å². The minimum Gasteiger partial charge on any atom is -0.394 e. The Hall–Kier alpha value is -2.37. The van der Waals surface area contributed by atoms with Gasteiger partial charge in [-0.05, 0) is 64.2 Å². The highest BCUT2D eigenvalue weighted by atomic mass is 16.7. The monoisotopic (exact) mass is 900 g/mol. The van der Waals surface area contributed by atoms with Gasteiger partial charge in [0.2, 0.25) is 5.91 Å². The summed E-state index contributed by atoms with van der Waals surface area (Å²) >= 11 is 0. The lowest BCUT2D eigenvalue weighted by Gasteiger charge is -2.40. The Bertz CT molecular complexity index is 1230. The standard InChI is InChI=1S/C55H97NO8/c1-3-5-7-9-11-13-14-15-16-17-18-19-20-21-22-23-24-25-26-27-28-29-30-31-32-33-34-35-36-37-39-41-43-45-51(59)56-48(49(58)44-42-40-38-12-10-8-6-4-2)47-63-55-54(62)53(61)52(60)50(46-57)64-55/h5,7,10-13,15-16,18-19,42,44,48-50,52-55,57-58,60-62H,3-4,6,8-9,14,17,20-41,43,45-47H2,1-2H3,(H,56,59)/b7-5-,12-10+,13-11-,16-15-,19-18-,44-42+. The molecule has 7 atom stereocenters. The molecule has 0 aromatic carbocycles. The highest BCUT2D eigenvalue weighted by Gasteiger charge is 2.44. The third kappa shape index (κ3) is 34.0. The lowest BCUT2D eigenvalue weighted by Crippen LogP contribution is -2.60. The average molecular weight is 900 g/mol. The maximum absolute atomic E-state index is 12.9. The zero-order valence-electron chi connectivity index (χ0n) is 40.8. The third-order valence-corrected chi connectivity index (χ3v) is 12.0. The summed E-state index contributed by atoms with van der Waals surface area (Å²) in [6.07, 6.45) is 54.3. The summed E-state index contributed by atoms with van der Waals surface area (Å²) in [7, 11) is 0. The summed E-state index contributed by atoms with van der Waals surface area (Å²) in [6.45, 7) is 3.56. The normalized spacial score (nSPS) is 20.6. The lowest BCUT2D eigenvalue weighted by atomic mass is 9.99. The number of carbonyl (C=O) groups excluding carboxylic acids is 1. The molecule has 1 amide bonds. The van der Waals surface area contributed by atoms with Crippen molar-refractivity contribution in [2.45, 2.75) is 256 Å². The number of allylic oxidation sites excluding steroid dienone is 11. The van der Waals surface area contributed by atoms with Crippen LogP contribution in [0.1, 0.15) is 213 Å². The molecule has 1 fully saturated rings. The summed E-state index contributed by atoms with van der Waals surface area (Å²) in [6, 6.07) is -0.820. The highest BCUT2D eigenvalue weighted by Crippen LogP contribution is 2.23. The summed E-state index contributed by atoms with van der Waals surface area (Å²) < 4.78 is 11.2. The van der Waals surface area contributed by atoms with E-state index in [9.17, 15) is 30.3 Å². The smallest absolute Gasteiger partial charge is 0.220 e. The van der Waals surface area contributed by atoms with E-state index in [0.29, 0.717) is 6.42 Å². The number of aliphatic hydroxyl groups excluding tert-OH is 5. The number of unbranched alkanes of at least 4 members (excludes halogenated alkanes) is 23. The summed E-state index contributed by atoms with van der Waals surface area (Å²) in [5.41, 5.74) is 0. The van der Waals surface area contributed by atoms with E-state index in [-0.39, 0.29) is 12.5 Å². The average Bonchev–Trinajstić information content (AvgIpc) is 3.29. The molecule has 1 rings (SSSR count). The number of aliphatic hydroxyl groups is 5. The van der Waals surface area contributed by atoms with E-state index >= 15 is 0 Å². The number of hydrogen-bond donors (Lipinski definition) is 6. The van der Waals surface area contributed by atoms with E-state index in [2.05, 4.69) is 79.9 Å². The van der Waals surface area contributed by atoms with Gasteiger partial charge < -0.3 is 40.3 Å². The molecule has 0 aliphatic carbocycles. The van der Waals surface area contributed by atoms with Crippen LogP contribution in [0.5, 0.6) is 0 Å². The molecule has 1 heterocycles. The molecule has 1 saturated heterocycles. The fourth-order valence-electron chi connectivity index (χ4n) is 7.86. The molecule has 370 valence electrons. The quantitative estimate of drug-likeness (QED) is 0.0262. The molecule has 0 aromatic rings. The first kappa shape index (κ1) is 59.6. The lowest BCUT2D eigenvalue weighted by molar-refractivity contribution is -0.302. The largest absolute Gasteiger partial charge is 0.394 e. The SMILES string of the molecule is CC/C=C\C/C=C\C/C=C\C/C=C\CCCCCCCCCCCCCCCCCCCCCCC(=O)NC(COC1OC(CO)C(O)C(O)C1O)C(O)/C=C/CC/C=C/CCCC. The number of amides is 1. The van der Waals surface area contributed by atoms with Crippen molar-refractivity contribution in [3.05, 3.63) is 72.9 Å². The van der Waals surface area contributed by atoms with Gasteiger partial charge in [0, 0.05) is 6.42 Å². The van der Waals surface area contributed by atoms with Crippen molar-refractivity contribution < 1.29 is 39.8 Å². The van der Waals surface area contributed by atoms with Gasteiger partial charge in [-0.1, -0.05) is 215 Å². The Morgan fingerprint density at radius 2 is 0.984 bits per heavy atom. The number of nitrogens with one attached hydrogen (secondary N) is 1. The van der Waals surface area contributed by atoms with E-state index in [0.717, 1.165) is 77.0 Å². The van der Waals surface area contributed by atoms with Crippen molar-refractivity contribution in [1.82, 2.24) is 5.32 Å². The molecule has 1 aliphatic heterocycles. The molecular formula is C55H97NO8. The van der Waals surface area contributed by atoms with Gasteiger partial charge in [-0.15, -0.1) is 0 Å². The minimum absolute atomic E-state index is 0.191. The maximum Gasteiger partial charge on any atom is 0.220 e. The molecule has 0 radical (unpaired) electrons. The van der Waals surface area contributed by atoms with Crippen LogP contribution in [-0.2, 0) is 14.3 Å². The van der Waals surface area contributed by atoms with Crippen molar-refractivity contribution in [3.63, 3.8) is 0 Å². The predicted octanol–water partition coefficient (Wildman–Crippen LogP) is 12.1. The van der Waals surface area contributed by atoms with E-state index in [4.69, 9.17) is 9.47 Å². The van der Waals surface area contributed by atoms with Crippen LogP contribution >= 0.6 is 0 Å². The van der Waals surface area contributed by atoms with Crippen LogP contribution in [0.2, 0.25) is 0 Å². The van der Waals surface area contributed by atoms with Crippen LogP contribution in [0.15, 0.2) is 72.9 Å². The second-order valence-corrected chi connectivity index (χ2v) is 17.9. The maximum atomic E-state index is 12.9. The number of hydrogen-bond acceptors (Lipinski definition) is 8.